The predicted octanol–water partition coefficient (Wildman–Crippen LogP) is 1.44. The first kappa shape index (κ1) is 16.6. The second kappa shape index (κ2) is 7.35. The summed E-state index contributed by atoms with van der Waals surface area (Å²) in [6.07, 6.45) is -1.36. The zero-order valence-electron chi connectivity index (χ0n) is 11.5. The molecule has 0 fully saturated rings. The van der Waals surface area contributed by atoms with Gasteiger partial charge in [0, 0.05) is 6.42 Å². The number of hydrogen-bond donors (Lipinski definition) is 2. The molecule has 0 aliphatic rings. The molecule has 0 saturated heterocycles. The van der Waals surface area contributed by atoms with E-state index < -0.39 is 24.6 Å². The molecule has 0 radical (unpaired) electrons. The zero-order valence-corrected chi connectivity index (χ0v) is 11.5. The highest BCUT2D eigenvalue weighted by molar-refractivity contribution is 6.02. The minimum absolute atomic E-state index is 0.108. The molecule has 21 heavy (non-hydrogen) atoms. The second-order valence-electron chi connectivity index (χ2n) is 4.51. The smallest absolute Gasteiger partial charge is 0.339 e. The molecule has 112 valence electrons. The Morgan fingerprint density at radius 2 is 1.81 bits per heavy atom. The summed E-state index contributed by atoms with van der Waals surface area (Å²) in [5.41, 5.74) is 0.00929. The summed E-state index contributed by atoms with van der Waals surface area (Å²) in [5.74, 6) is -2.44. The van der Waals surface area contributed by atoms with E-state index in [-0.39, 0.29) is 23.3 Å². The minimum atomic E-state index is -1.25. The summed E-state index contributed by atoms with van der Waals surface area (Å²) in [4.78, 5) is 34.1. The van der Waals surface area contributed by atoms with E-state index in [0.29, 0.717) is 5.57 Å². The fourth-order valence-electron chi connectivity index (χ4n) is 1.54. The van der Waals surface area contributed by atoms with Crippen LogP contribution in [-0.4, -0.2) is 40.6 Å². The fraction of sp³-hybridized carbons (Fsp3) is 0.267. The maximum atomic E-state index is 11.8. The summed E-state index contributed by atoms with van der Waals surface area (Å²) in [6, 6.07) is 5.59. The maximum absolute atomic E-state index is 11.8. The second-order valence-corrected chi connectivity index (χ2v) is 4.51. The molecule has 1 atom stereocenters. The van der Waals surface area contributed by atoms with Gasteiger partial charge in [-0.15, -0.1) is 0 Å². The lowest BCUT2D eigenvalue weighted by Crippen LogP contribution is -2.23. The molecule has 0 heterocycles. The molecule has 1 aromatic carbocycles. The first-order chi connectivity index (χ1) is 9.82. The summed E-state index contributed by atoms with van der Waals surface area (Å²) >= 11 is 0. The lowest BCUT2D eigenvalue weighted by atomic mass is 10.1. The van der Waals surface area contributed by atoms with Crippen LogP contribution in [0, 0.1) is 0 Å². The van der Waals surface area contributed by atoms with E-state index in [4.69, 9.17) is 9.84 Å². The van der Waals surface area contributed by atoms with Gasteiger partial charge in [-0.25, -0.2) is 9.59 Å². The number of carbonyl (C=O) groups excluding carboxylic acids is 2. The van der Waals surface area contributed by atoms with Gasteiger partial charge in [0.25, 0.3) is 0 Å². The number of esters is 1. The minimum Gasteiger partial charge on any atom is -0.478 e. The SMILES string of the molecule is C=C(C)C(=O)CC(O)COC(=O)c1ccccc1C(=O)O. The standard InChI is InChI=1S/C15H16O6/c1-9(2)13(17)7-10(16)8-21-15(20)12-6-4-3-5-11(12)14(18)19/h3-6,10,16H,1,7-8H2,2H3,(H,18,19). The molecule has 6 nitrogen and oxygen atoms in total. The molecule has 0 bridgehead atoms. The number of benzene rings is 1. The van der Waals surface area contributed by atoms with Crippen LogP contribution < -0.4 is 0 Å². The Morgan fingerprint density at radius 1 is 1.24 bits per heavy atom. The molecule has 0 amide bonds. The van der Waals surface area contributed by atoms with Crippen LogP contribution in [0.4, 0.5) is 0 Å². The van der Waals surface area contributed by atoms with E-state index in [9.17, 15) is 19.5 Å². The van der Waals surface area contributed by atoms with Gasteiger partial charge in [-0.2, -0.15) is 0 Å². The van der Waals surface area contributed by atoms with Crippen molar-refractivity contribution in [2.45, 2.75) is 19.4 Å². The van der Waals surface area contributed by atoms with Crippen molar-refractivity contribution in [3.8, 4) is 0 Å². The Bertz CT molecular complexity index is 575. The number of carbonyl (C=O) groups is 3. The third-order valence-electron chi connectivity index (χ3n) is 2.68. The van der Waals surface area contributed by atoms with Crippen molar-refractivity contribution in [2.24, 2.45) is 0 Å². The molecule has 0 saturated carbocycles. The van der Waals surface area contributed by atoms with Crippen LogP contribution in [0.1, 0.15) is 34.1 Å². The van der Waals surface area contributed by atoms with Crippen LogP contribution in [0.5, 0.6) is 0 Å². The number of aliphatic hydroxyl groups is 1. The van der Waals surface area contributed by atoms with Gasteiger partial charge in [0.15, 0.2) is 5.78 Å². The van der Waals surface area contributed by atoms with E-state index >= 15 is 0 Å². The van der Waals surface area contributed by atoms with Crippen LogP contribution in [0.3, 0.4) is 0 Å². The van der Waals surface area contributed by atoms with Crippen molar-refractivity contribution < 1.29 is 29.3 Å². The number of carboxylic acids is 1. The predicted molar refractivity (Wildman–Crippen MR) is 74.1 cm³/mol. The van der Waals surface area contributed by atoms with Gasteiger partial charge in [0.05, 0.1) is 17.2 Å². The highest BCUT2D eigenvalue weighted by Gasteiger charge is 2.19. The van der Waals surface area contributed by atoms with E-state index in [1.54, 1.807) is 0 Å². The Balaban J connectivity index is 2.64. The fourth-order valence-corrected chi connectivity index (χ4v) is 1.54. The lowest BCUT2D eigenvalue weighted by Gasteiger charge is -2.11. The molecule has 1 unspecified atom stereocenters. The molecule has 0 aliphatic heterocycles. The van der Waals surface area contributed by atoms with Crippen LogP contribution in [0.25, 0.3) is 0 Å². The molecule has 1 aromatic rings. The highest BCUT2D eigenvalue weighted by Crippen LogP contribution is 2.11. The van der Waals surface area contributed by atoms with Gasteiger partial charge < -0.3 is 14.9 Å². The first-order valence-electron chi connectivity index (χ1n) is 6.19. The molecule has 6 heteroatoms. The van der Waals surface area contributed by atoms with Gasteiger partial charge >= 0.3 is 11.9 Å². The maximum Gasteiger partial charge on any atom is 0.339 e. The van der Waals surface area contributed by atoms with Crippen LogP contribution in [-0.2, 0) is 9.53 Å². The third-order valence-corrected chi connectivity index (χ3v) is 2.68. The van der Waals surface area contributed by atoms with Crippen molar-refractivity contribution in [1.29, 1.82) is 0 Å². The third kappa shape index (κ3) is 4.85. The normalized spacial score (nSPS) is 11.5. The lowest BCUT2D eigenvalue weighted by molar-refractivity contribution is -0.117. The average molecular weight is 292 g/mol. The molecular formula is C15H16O6. The van der Waals surface area contributed by atoms with E-state index in [1.807, 2.05) is 0 Å². The number of Topliss-reactive ketones (excluding diaryl/α,β-unsaturated/α-hetero) is 1. The molecule has 2 N–H and O–H groups in total. The Labute approximate surface area is 121 Å². The Hall–Kier alpha value is -2.47. The average Bonchev–Trinajstić information content (AvgIpc) is 2.44. The monoisotopic (exact) mass is 292 g/mol. The van der Waals surface area contributed by atoms with Crippen molar-refractivity contribution in [3.05, 3.63) is 47.5 Å². The van der Waals surface area contributed by atoms with Gasteiger partial charge in [0.2, 0.25) is 0 Å². The summed E-state index contributed by atoms with van der Waals surface area (Å²) in [5, 5.41) is 18.5. The van der Waals surface area contributed by atoms with Crippen molar-refractivity contribution in [1.82, 2.24) is 0 Å². The molecular weight excluding hydrogens is 276 g/mol. The topological polar surface area (TPSA) is 101 Å². The van der Waals surface area contributed by atoms with Crippen LogP contribution in [0.2, 0.25) is 0 Å². The number of ketones is 1. The highest BCUT2D eigenvalue weighted by atomic mass is 16.5. The van der Waals surface area contributed by atoms with Crippen LogP contribution >= 0.6 is 0 Å². The number of aliphatic hydroxyl groups excluding tert-OH is 1. The summed E-state index contributed by atoms with van der Waals surface area (Å²) < 4.78 is 4.83. The Morgan fingerprint density at radius 3 is 2.33 bits per heavy atom. The summed E-state index contributed by atoms with van der Waals surface area (Å²) in [6.45, 7) is 4.57. The van der Waals surface area contributed by atoms with Gasteiger partial charge in [-0.3, -0.25) is 4.79 Å². The van der Waals surface area contributed by atoms with Gasteiger partial charge in [-0.05, 0) is 24.6 Å². The number of carboxylic acid groups (broad SMARTS) is 1. The quantitative estimate of drug-likeness (QED) is 0.582. The van der Waals surface area contributed by atoms with E-state index in [1.165, 1.54) is 31.2 Å². The van der Waals surface area contributed by atoms with Gasteiger partial charge in [-0.1, -0.05) is 18.7 Å². The summed E-state index contributed by atoms with van der Waals surface area (Å²) in [7, 11) is 0. The molecule has 1 rings (SSSR count). The number of allylic oxidation sites excluding steroid dienone is 1. The number of hydrogen-bond acceptors (Lipinski definition) is 5. The van der Waals surface area contributed by atoms with Crippen molar-refractivity contribution >= 4 is 17.7 Å². The van der Waals surface area contributed by atoms with Crippen molar-refractivity contribution in [3.63, 3.8) is 0 Å². The van der Waals surface area contributed by atoms with E-state index in [2.05, 4.69) is 6.58 Å². The van der Waals surface area contributed by atoms with Crippen LogP contribution in [0.15, 0.2) is 36.4 Å². The first-order valence-corrected chi connectivity index (χ1v) is 6.19. The van der Waals surface area contributed by atoms with Crippen molar-refractivity contribution in [2.75, 3.05) is 6.61 Å². The molecule has 0 aromatic heterocycles. The molecule has 0 spiro atoms. The zero-order chi connectivity index (χ0) is 16.0. The molecule has 0 aliphatic carbocycles. The number of aromatic carboxylic acids is 1. The number of ether oxygens (including phenoxy) is 1. The number of rotatable bonds is 7. The largest absolute Gasteiger partial charge is 0.478 e. The van der Waals surface area contributed by atoms with Gasteiger partial charge in [0.1, 0.15) is 6.61 Å². The van der Waals surface area contributed by atoms with E-state index in [0.717, 1.165) is 0 Å². The Kier molecular flexibility index (Phi) is 5.80.